The number of hydrogen-bond acceptors (Lipinski definition) is 6. The van der Waals surface area contributed by atoms with Gasteiger partial charge >= 0.3 is 5.97 Å². The molecule has 1 rings (SSSR count). The van der Waals surface area contributed by atoms with Crippen LogP contribution in [-0.4, -0.2) is 55.4 Å². The topological polar surface area (TPSA) is 85.0 Å². The second kappa shape index (κ2) is 9.33. The van der Waals surface area contributed by atoms with Gasteiger partial charge in [0, 0.05) is 18.7 Å². The molecule has 21 heavy (non-hydrogen) atoms. The van der Waals surface area contributed by atoms with Gasteiger partial charge in [-0.05, 0) is 20.0 Å². The van der Waals surface area contributed by atoms with E-state index < -0.39 is 6.10 Å². The predicted octanol–water partition coefficient (Wildman–Crippen LogP) is 0.380. The summed E-state index contributed by atoms with van der Waals surface area (Å²) in [6, 6.07) is 7.44. The number of carbonyl (C=O) groups is 1. The molecule has 0 fully saturated rings. The molecule has 0 saturated carbocycles. The molecule has 0 amide bonds. The second-order valence-corrected chi connectivity index (χ2v) is 4.78. The van der Waals surface area contributed by atoms with E-state index in [0.29, 0.717) is 25.4 Å². The Labute approximate surface area is 125 Å². The van der Waals surface area contributed by atoms with Gasteiger partial charge in [0.05, 0.1) is 13.2 Å². The van der Waals surface area contributed by atoms with Crippen molar-refractivity contribution in [2.24, 2.45) is 5.73 Å². The van der Waals surface area contributed by atoms with Crippen molar-refractivity contribution in [2.45, 2.75) is 19.6 Å². The summed E-state index contributed by atoms with van der Waals surface area (Å²) in [4.78, 5) is 13.0. The first-order valence-corrected chi connectivity index (χ1v) is 6.99. The van der Waals surface area contributed by atoms with Crippen molar-refractivity contribution < 1.29 is 19.4 Å². The Morgan fingerprint density at radius 1 is 1.43 bits per heavy atom. The highest BCUT2D eigenvalue weighted by Crippen LogP contribution is 2.17. The molecule has 0 aliphatic heterocycles. The van der Waals surface area contributed by atoms with Crippen LogP contribution in [-0.2, 0) is 16.1 Å². The molecule has 1 aromatic carbocycles. The Hall–Kier alpha value is -1.63. The molecular formula is C15H24N2O4. The molecule has 3 N–H and O–H groups in total. The van der Waals surface area contributed by atoms with Crippen LogP contribution in [0, 0.1) is 0 Å². The number of rotatable bonds is 9. The fourth-order valence-electron chi connectivity index (χ4n) is 1.90. The monoisotopic (exact) mass is 296 g/mol. The van der Waals surface area contributed by atoms with E-state index in [9.17, 15) is 9.90 Å². The van der Waals surface area contributed by atoms with Gasteiger partial charge < -0.3 is 20.3 Å². The van der Waals surface area contributed by atoms with E-state index in [1.165, 1.54) is 0 Å². The summed E-state index contributed by atoms with van der Waals surface area (Å²) in [6.07, 6.45) is -0.699. The van der Waals surface area contributed by atoms with Crippen LogP contribution in [0.25, 0.3) is 0 Å². The van der Waals surface area contributed by atoms with E-state index in [0.717, 1.165) is 5.56 Å². The normalized spacial score (nSPS) is 12.2. The van der Waals surface area contributed by atoms with Crippen LogP contribution in [0.3, 0.4) is 0 Å². The average Bonchev–Trinajstić information content (AvgIpc) is 2.45. The summed E-state index contributed by atoms with van der Waals surface area (Å²) in [5.74, 6) is 0.369. The molecule has 0 aliphatic rings. The Morgan fingerprint density at radius 3 is 2.81 bits per heavy atom. The summed E-state index contributed by atoms with van der Waals surface area (Å²) in [6.45, 7) is 3.11. The van der Waals surface area contributed by atoms with Gasteiger partial charge in [0.2, 0.25) is 0 Å². The van der Waals surface area contributed by atoms with Gasteiger partial charge in [-0.15, -0.1) is 0 Å². The third-order valence-electron chi connectivity index (χ3n) is 2.85. The number of aliphatic hydroxyl groups excluding tert-OH is 1. The van der Waals surface area contributed by atoms with Crippen LogP contribution in [0.5, 0.6) is 5.75 Å². The van der Waals surface area contributed by atoms with Crippen molar-refractivity contribution in [2.75, 3.05) is 33.4 Å². The number of ether oxygens (including phenoxy) is 2. The summed E-state index contributed by atoms with van der Waals surface area (Å²) >= 11 is 0. The number of esters is 1. The molecule has 0 spiro atoms. The van der Waals surface area contributed by atoms with Crippen molar-refractivity contribution in [3.63, 3.8) is 0 Å². The molecule has 0 radical (unpaired) electrons. The fourth-order valence-corrected chi connectivity index (χ4v) is 1.90. The second-order valence-electron chi connectivity index (χ2n) is 4.78. The standard InChI is InChI=1S/C15H24N2O4/c1-3-20-15(19)10-17(2)9-13(18)11-21-14-7-5-4-6-12(14)8-16/h4-7,13,18H,3,8-11,16H2,1-2H3. The van der Waals surface area contributed by atoms with Gasteiger partial charge in [0.15, 0.2) is 0 Å². The average molecular weight is 296 g/mol. The number of nitrogens with two attached hydrogens (primary N) is 1. The van der Waals surface area contributed by atoms with Crippen molar-refractivity contribution in [3.8, 4) is 5.75 Å². The zero-order valence-corrected chi connectivity index (χ0v) is 12.6. The highest BCUT2D eigenvalue weighted by atomic mass is 16.5. The molecule has 0 saturated heterocycles. The molecular weight excluding hydrogens is 272 g/mol. The van der Waals surface area contributed by atoms with E-state index in [4.69, 9.17) is 15.2 Å². The Bertz CT molecular complexity index is 439. The lowest BCUT2D eigenvalue weighted by Gasteiger charge is -2.20. The molecule has 1 unspecified atom stereocenters. The van der Waals surface area contributed by atoms with Gasteiger partial charge in [-0.1, -0.05) is 18.2 Å². The zero-order valence-electron chi connectivity index (χ0n) is 12.6. The lowest BCUT2D eigenvalue weighted by Crippen LogP contribution is -2.36. The lowest BCUT2D eigenvalue weighted by atomic mass is 10.2. The van der Waals surface area contributed by atoms with Crippen molar-refractivity contribution in [1.29, 1.82) is 0 Å². The van der Waals surface area contributed by atoms with Crippen LogP contribution in [0.1, 0.15) is 12.5 Å². The van der Waals surface area contributed by atoms with E-state index in [1.807, 2.05) is 24.3 Å². The summed E-state index contributed by atoms with van der Waals surface area (Å²) in [7, 11) is 1.74. The van der Waals surface area contributed by atoms with Crippen LogP contribution in [0.2, 0.25) is 0 Å². The summed E-state index contributed by atoms with van der Waals surface area (Å²) in [5, 5.41) is 9.94. The molecule has 118 valence electrons. The minimum absolute atomic E-state index is 0.143. The van der Waals surface area contributed by atoms with E-state index >= 15 is 0 Å². The maximum atomic E-state index is 11.3. The SMILES string of the molecule is CCOC(=O)CN(C)CC(O)COc1ccccc1CN. The molecule has 1 aromatic rings. The number of benzene rings is 1. The van der Waals surface area contributed by atoms with Gasteiger partial charge in [0.25, 0.3) is 0 Å². The first-order valence-electron chi connectivity index (χ1n) is 6.99. The Kier molecular flexibility index (Phi) is 7.74. The largest absolute Gasteiger partial charge is 0.491 e. The molecule has 0 heterocycles. The van der Waals surface area contributed by atoms with E-state index in [-0.39, 0.29) is 19.1 Å². The zero-order chi connectivity index (χ0) is 15.7. The fraction of sp³-hybridized carbons (Fsp3) is 0.533. The first kappa shape index (κ1) is 17.4. The van der Waals surface area contributed by atoms with Gasteiger partial charge in [0.1, 0.15) is 18.5 Å². The number of likely N-dealkylation sites (N-methyl/N-ethyl adjacent to an activating group) is 1. The van der Waals surface area contributed by atoms with Gasteiger partial charge in [-0.3, -0.25) is 9.69 Å². The lowest BCUT2D eigenvalue weighted by molar-refractivity contribution is -0.144. The number of carbonyl (C=O) groups excluding carboxylic acids is 1. The van der Waals surface area contributed by atoms with Crippen LogP contribution < -0.4 is 10.5 Å². The van der Waals surface area contributed by atoms with Crippen LogP contribution in [0.15, 0.2) is 24.3 Å². The Morgan fingerprint density at radius 2 is 2.14 bits per heavy atom. The third kappa shape index (κ3) is 6.57. The van der Waals surface area contributed by atoms with Crippen LogP contribution in [0.4, 0.5) is 0 Å². The minimum atomic E-state index is -0.699. The third-order valence-corrected chi connectivity index (χ3v) is 2.85. The Balaban J connectivity index is 2.36. The summed E-state index contributed by atoms with van der Waals surface area (Å²) < 4.78 is 10.4. The minimum Gasteiger partial charge on any atom is -0.491 e. The maximum Gasteiger partial charge on any atom is 0.320 e. The van der Waals surface area contributed by atoms with Crippen molar-refractivity contribution in [1.82, 2.24) is 4.90 Å². The van der Waals surface area contributed by atoms with E-state index in [1.54, 1.807) is 18.9 Å². The van der Waals surface area contributed by atoms with Crippen molar-refractivity contribution >= 4 is 5.97 Å². The van der Waals surface area contributed by atoms with Gasteiger partial charge in [-0.2, -0.15) is 0 Å². The highest BCUT2D eigenvalue weighted by Gasteiger charge is 2.13. The maximum absolute atomic E-state index is 11.3. The summed E-state index contributed by atoms with van der Waals surface area (Å²) in [5.41, 5.74) is 6.51. The molecule has 0 aliphatic carbocycles. The number of hydrogen-bond donors (Lipinski definition) is 2. The predicted molar refractivity (Wildman–Crippen MR) is 80.0 cm³/mol. The van der Waals surface area contributed by atoms with Gasteiger partial charge in [-0.25, -0.2) is 0 Å². The number of para-hydroxylation sites is 1. The first-order chi connectivity index (χ1) is 10.1. The smallest absolute Gasteiger partial charge is 0.320 e. The molecule has 0 aromatic heterocycles. The molecule has 1 atom stereocenters. The molecule has 6 nitrogen and oxygen atoms in total. The molecule has 6 heteroatoms. The van der Waals surface area contributed by atoms with Crippen LogP contribution >= 0.6 is 0 Å². The van der Waals surface area contributed by atoms with Crippen molar-refractivity contribution in [3.05, 3.63) is 29.8 Å². The number of nitrogens with zero attached hydrogens (tertiary/aromatic N) is 1. The van der Waals surface area contributed by atoms with E-state index in [2.05, 4.69) is 0 Å². The highest BCUT2D eigenvalue weighted by molar-refractivity contribution is 5.71. The molecule has 0 bridgehead atoms. The quantitative estimate of drug-likeness (QED) is 0.641. The number of aliphatic hydroxyl groups is 1.